The first-order valence-corrected chi connectivity index (χ1v) is 7.40. The summed E-state index contributed by atoms with van der Waals surface area (Å²) in [7, 11) is 0. The molecule has 108 valence electrons. The zero-order valence-corrected chi connectivity index (χ0v) is 12.2. The van der Waals surface area contributed by atoms with E-state index >= 15 is 0 Å². The Morgan fingerprint density at radius 3 is 2.68 bits per heavy atom. The minimum Gasteiger partial charge on any atom is -0.381 e. The third kappa shape index (κ3) is 3.54. The quantitative estimate of drug-likeness (QED) is 0.858. The first-order valence-electron chi connectivity index (χ1n) is 7.40. The Morgan fingerprint density at radius 1 is 1.32 bits per heavy atom. The molecule has 1 aliphatic rings. The van der Waals surface area contributed by atoms with Crippen LogP contribution in [0.2, 0.25) is 0 Å². The molecule has 0 aliphatic carbocycles. The van der Waals surface area contributed by atoms with Crippen molar-refractivity contribution in [3.8, 4) is 0 Å². The van der Waals surface area contributed by atoms with E-state index in [0.717, 1.165) is 50.7 Å². The summed E-state index contributed by atoms with van der Waals surface area (Å²) >= 11 is 0. The van der Waals surface area contributed by atoms with Gasteiger partial charge in [-0.3, -0.25) is 0 Å². The smallest absolute Gasteiger partial charge is 0.231 e. The number of ether oxygens (including phenoxy) is 1. The Kier molecular flexibility index (Phi) is 5.34. The van der Waals surface area contributed by atoms with Gasteiger partial charge < -0.3 is 14.6 Å². The maximum Gasteiger partial charge on any atom is 0.231 e. The molecule has 1 aromatic heterocycles. The van der Waals surface area contributed by atoms with E-state index in [1.54, 1.807) is 0 Å². The van der Waals surface area contributed by atoms with Gasteiger partial charge in [0.2, 0.25) is 5.89 Å². The van der Waals surface area contributed by atoms with E-state index in [2.05, 4.69) is 36.2 Å². The lowest BCUT2D eigenvalue weighted by molar-refractivity contribution is 0.0830. The molecule has 19 heavy (non-hydrogen) atoms. The molecule has 0 aromatic carbocycles. The molecule has 1 aliphatic heterocycles. The molecule has 2 atom stereocenters. The molecule has 2 unspecified atom stereocenters. The molecule has 0 saturated carbocycles. The SMILES string of the molecule is CCNC(C)C(CC)c1nc(C2CCOCC2)no1. The summed E-state index contributed by atoms with van der Waals surface area (Å²) < 4.78 is 10.9. The van der Waals surface area contributed by atoms with Crippen molar-refractivity contribution in [2.45, 2.75) is 57.9 Å². The molecular formula is C14H25N3O2. The van der Waals surface area contributed by atoms with Crippen LogP contribution >= 0.6 is 0 Å². The van der Waals surface area contributed by atoms with Crippen LogP contribution in [0.5, 0.6) is 0 Å². The highest BCUT2D eigenvalue weighted by Gasteiger charge is 2.26. The zero-order valence-electron chi connectivity index (χ0n) is 12.2. The van der Waals surface area contributed by atoms with Crippen molar-refractivity contribution in [1.82, 2.24) is 15.5 Å². The van der Waals surface area contributed by atoms with E-state index in [1.807, 2.05) is 0 Å². The lowest BCUT2D eigenvalue weighted by Gasteiger charge is -2.20. The summed E-state index contributed by atoms with van der Waals surface area (Å²) in [5.41, 5.74) is 0. The number of hydrogen-bond acceptors (Lipinski definition) is 5. The monoisotopic (exact) mass is 267 g/mol. The van der Waals surface area contributed by atoms with Crippen LogP contribution in [0, 0.1) is 0 Å². The highest BCUT2D eigenvalue weighted by atomic mass is 16.5. The molecule has 0 bridgehead atoms. The van der Waals surface area contributed by atoms with Crippen LogP contribution in [0.25, 0.3) is 0 Å². The number of likely N-dealkylation sites (N-methyl/N-ethyl adjacent to an activating group) is 1. The van der Waals surface area contributed by atoms with E-state index in [0.29, 0.717) is 17.9 Å². The van der Waals surface area contributed by atoms with Crippen LogP contribution in [0.15, 0.2) is 4.52 Å². The standard InChI is InChI=1S/C14H25N3O2/c1-4-12(10(3)15-5-2)14-16-13(17-19-14)11-6-8-18-9-7-11/h10-12,15H,4-9H2,1-3H3. The number of aromatic nitrogens is 2. The van der Waals surface area contributed by atoms with Crippen molar-refractivity contribution in [3.05, 3.63) is 11.7 Å². The number of rotatable bonds is 6. The second-order valence-electron chi connectivity index (χ2n) is 5.24. The van der Waals surface area contributed by atoms with E-state index in [9.17, 15) is 0 Å². The van der Waals surface area contributed by atoms with Crippen LogP contribution in [0.4, 0.5) is 0 Å². The molecule has 5 heteroatoms. The molecule has 0 amide bonds. The van der Waals surface area contributed by atoms with Crippen LogP contribution in [0.3, 0.4) is 0 Å². The number of nitrogens with zero attached hydrogens (tertiary/aromatic N) is 2. The third-order valence-electron chi connectivity index (χ3n) is 3.93. The van der Waals surface area contributed by atoms with Crippen LogP contribution < -0.4 is 5.32 Å². The first-order chi connectivity index (χ1) is 9.26. The highest BCUT2D eigenvalue weighted by molar-refractivity contribution is 5.02. The Labute approximate surface area is 115 Å². The fourth-order valence-electron chi connectivity index (χ4n) is 2.73. The average Bonchev–Trinajstić information content (AvgIpc) is 2.90. The predicted octanol–water partition coefficient (Wildman–Crippen LogP) is 2.46. The molecular weight excluding hydrogens is 242 g/mol. The van der Waals surface area contributed by atoms with Gasteiger partial charge in [0.25, 0.3) is 0 Å². The van der Waals surface area contributed by atoms with E-state index < -0.39 is 0 Å². The van der Waals surface area contributed by atoms with Gasteiger partial charge in [0.05, 0.1) is 5.92 Å². The predicted molar refractivity (Wildman–Crippen MR) is 73.3 cm³/mol. The van der Waals surface area contributed by atoms with Gasteiger partial charge in [-0.1, -0.05) is 19.0 Å². The molecule has 1 aromatic rings. The summed E-state index contributed by atoms with van der Waals surface area (Å²) in [5.74, 6) is 2.33. The Bertz CT molecular complexity index is 375. The van der Waals surface area contributed by atoms with Crippen molar-refractivity contribution < 1.29 is 9.26 Å². The normalized spacial score (nSPS) is 20.4. The van der Waals surface area contributed by atoms with Crippen molar-refractivity contribution in [1.29, 1.82) is 0 Å². The lowest BCUT2D eigenvalue weighted by atomic mass is 9.97. The molecule has 5 nitrogen and oxygen atoms in total. The second-order valence-corrected chi connectivity index (χ2v) is 5.24. The van der Waals surface area contributed by atoms with Crippen LogP contribution in [-0.2, 0) is 4.74 Å². The summed E-state index contributed by atoms with van der Waals surface area (Å²) in [5, 5.41) is 7.62. The molecule has 0 radical (unpaired) electrons. The van der Waals surface area contributed by atoms with Crippen LogP contribution in [-0.4, -0.2) is 35.9 Å². The Morgan fingerprint density at radius 2 is 2.05 bits per heavy atom. The fraction of sp³-hybridized carbons (Fsp3) is 0.857. The minimum absolute atomic E-state index is 0.293. The lowest BCUT2D eigenvalue weighted by Crippen LogP contribution is -2.32. The fourth-order valence-corrected chi connectivity index (χ4v) is 2.73. The van der Waals surface area contributed by atoms with E-state index in [4.69, 9.17) is 9.26 Å². The van der Waals surface area contributed by atoms with Crippen LogP contribution in [0.1, 0.15) is 63.6 Å². The van der Waals surface area contributed by atoms with E-state index in [-0.39, 0.29) is 0 Å². The highest BCUT2D eigenvalue weighted by Crippen LogP contribution is 2.27. The van der Waals surface area contributed by atoms with Gasteiger partial charge in [0, 0.05) is 25.2 Å². The molecule has 2 heterocycles. The van der Waals surface area contributed by atoms with Gasteiger partial charge in [-0.05, 0) is 32.7 Å². The van der Waals surface area contributed by atoms with E-state index in [1.165, 1.54) is 0 Å². The van der Waals surface area contributed by atoms with Crippen molar-refractivity contribution >= 4 is 0 Å². The zero-order chi connectivity index (χ0) is 13.7. The topological polar surface area (TPSA) is 60.2 Å². The third-order valence-corrected chi connectivity index (χ3v) is 3.93. The maximum absolute atomic E-state index is 5.50. The number of nitrogens with one attached hydrogen (secondary N) is 1. The van der Waals surface area contributed by atoms with Crippen molar-refractivity contribution in [3.63, 3.8) is 0 Å². The van der Waals surface area contributed by atoms with Gasteiger partial charge in [-0.25, -0.2) is 0 Å². The molecule has 2 rings (SSSR count). The summed E-state index contributed by atoms with van der Waals surface area (Å²) in [6.07, 6.45) is 3.00. The average molecular weight is 267 g/mol. The minimum atomic E-state index is 0.293. The Balaban J connectivity index is 2.05. The molecule has 1 saturated heterocycles. The van der Waals surface area contributed by atoms with Crippen molar-refractivity contribution in [2.75, 3.05) is 19.8 Å². The van der Waals surface area contributed by atoms with Gasteiger partial charge >= 0.3 is 0 Å². The Hall–Kier alpha value is -0.940. The molecule has 1 N–H and O–H groups in total. The second kappa shape index (κ2) is 7.01. The van der Waals surface area contributed by atoms with Gasteiger partial charge in [-0.2, -0.15) is 4.98 Å². The summed E-state index contributed by atoms with van der Waals surface area (Å²) in [6.45, 7) is 9.02. The maximum atomic E-state index is 5.50. The molecule has 0 spiro atoms. The number of hydrogen-bond donors (Lipinski definition) is 1. The summed E-state index contributed by atoms with van der Waals surface area (Å²) in [6, 6.07) is 0.359. The summed E-state index contributed by atoms with van der Waals surface area (Å²) in [4.78, 5) is 4.64. The largest absolute Gasteiger partial charge is 0.381 e. The van der Waals surface area contributed by atoms with Crippen molar-refractivity contribution in [2.24, 2.45) is 0 Å². The molecule has 1 fully saturated rings. The van der Waals surface area contributed by atoms with Gasteiger partial charge in [-0.15, -0.1) is 0 Å². The van der Waals surface area contributed by atoms with Gasteiger partial charge in [0.1, 0.15) is 0 Å². The first kappa shape index (κ1) is 14.5. The van der Waals surface area contributed by atoms with Gasteiger partial charge in [0.15, 0.2) is 5.82 Å².